The number of carbonyl (C=O) groups is 1. The first-order chi connectivity index (χ1) is 11.7. The summed E-state index contributed by atoms with van der Waals surface area (Å²) in [5.41, 5.74) is 7.41. The maximum atomic E-state index is 13.2. The molecule has 0 aliphatic heterocycles. The van der Waals surface area contributed by atoms with Gasteiger partial charge in [-0.25, -0.2) is 0 Å². The summed E-state index contributed by atoms with van der Waals surface area (Å²) in [6, 6.07) is 10.5. The van der Waals surface area contributed by atoms with Crippen LogP contribution in [0.3, 0.4) is 0 Å². The number of ketones is 1. The van der Waals surface area contributed by atoms with Gasteiger partial charge in [-0.3, -0.25) is 9.89 Å². The number of carbonyl (C=O) groups excluding carboxylic acids is 1. The zero-order valence-corrected chi connectivity index (χ0v) is 14.1. The molecule has 1 fully saturated rings. The molecule has 1 aromatic carbocycles. The highest BCUT2D eigenvalue weighted by atomic mass is 16.1. The first kappa shape index (κ1) is 14.2. The Morgan fingerprint density at radius 2 is 1.96 bits per heavy atom. The van der Waals surface area contributed by atoms with E-state index < -0.39 is 0 Å². The molecule has 122 valence electrons. The second-order valence-electron chi connectivity index (χ2n) is 7.88. The van der Waals surface area contributed by atoms with Crippen LogP contribution in [0.1, 0.15) is 60.5 Å². The van der Waals surface area contributed by atoms with E-state index in [0.29, 0.717) is 5.78 Å². The number of hydrogen-bond acceptors (Lipinski definition) is 2. The normalized spacial score (nSPS) is 24.5. The molecule has 1 atom stereocenters. The second-order valence-corrected chi connectivity index (χ2v) is 7.88. The topological polar surface area (TPSA) is 45.8 Å². The highest BCUT2D eigenvalue weighted by molar-refractivity contribution is 6.00. The molecular weight excluding hydrogens is 296 g/mol. The summed E-state index contributed by atoms with van der Waals surface area (Å²) < 4.78 is 0. The van der Waals surface area contributed by atoms with Gasteiger partial charge >= 0.3 is 0 Å². The lowest BCUT2D eigenvalue weighted by atomic mass is 9.56. The molecule has 1 heterocycles. The number of aromatic nitrogens is 2. The molecule has 3 nitrogen and oxygen atoms in total. The average Bonchev–Trinajstić information content (AvgIpc) is 2.93. The highest BCUT2D eigenvalue weighted by Crippen LogP contribution is 2.56. The molecule has 1 N–H and O–H groups in total. The van der Waals surface area contributed by atoms with Gasteiger partial charge in [0, 0.05) is 35.6 Å². The van der Waals surface area contributed by atoms with Gasteiger partial charge in [0.1, 0.15) is 0 Å². The Bertz CT molecular complexity index is 855. The van der Waals surface area contributed by atoms with Gasteiger partial charge in [0.15, 0.2) is 5.78 Å². The predicted molar refractivity (Wildman–Crippen MR) is 92.9 cm³/mol. The van der Waals surface area contributed by atoms with E-state index >= 15 is 0 Å². The molecule has 3 heteroatoms. The molecule has 0 radical (unpaired) electrons. The average molecular weight is 318 g/mol. The maximum absolute atomic E-state index is 13.2. The summed E-state index contributed by atoms with van der Waals surface area (Å²) in [4.78, 5) is 13.2. The van der Waals surface area contributed by atoms with Gasteiger partial charge in [0.05, 0.1) is 5.69 Å². The third-order valence-electron chi connectivity index (χ3n) is 6.38. The van der Waals surface area contributed by atoms with Crippen molar-refractivity contribution in [1.29, 1.82) is 0 Å². The Balaban J connectivity index is 1.70. The molecule has 1 aromatic heterocycles. The van der Waals surface area contributed by atoms with Gasteiger partial charge in [-0.2, -0.15) is 5.10 Å². The van der Waals surface area contributed by atoms with Crippen molar-refractivity contribution in [2.45, 2.75) is 51.4 Å². The number of rotatable bonds is 1. The van der Waals surface area contributed by atoms with Gasteiger partial charge < -0.3 is 0 Å². The SMILES string of the molecule is Cc1[nH]nc2c1C(c1ccccc1)C1=C(C2)CC2(CCC2)CC1=O. The zero-order chi connectivity index (χ0) is 16.3. The van der Waals surface area contributed by atoms with E-state index in [-0.39, 0.29) is 11.3 Å². The minimum Gasteiger partial charge on any atom is -0.294 e. The van der Waals surface area contributed by atoms with Crippen LogP contribution in [0.25, 0.3) is 0 Å². The van der Waals surface area contributed by atoms with Crippen LogP contribution in [0, 0.1) is 12.3 Å². The lowest BCUT2D eigenvalue weighted by Gasteiger charge is -2.47. The number of hydrogen-bond donors (Lipinski definition) is 1. The molecule has 5 rings (SSSR count). The van der Waals surface area contributed by atoms with Crippen molar-refractivity contribution in [3.8, 4) is 0 Å². The Hall–Kier alpha value is -2.16. The van der Waals surface area contributed by atoms with Crippen LogP contribution >= 0.6 is 0 Å². The third-order valence-corrected chi connectivity index (χ3v) is 6.38. The molecule has 0 amide bonds. The number of nitrogens with zero attached hydrogens (tertiary/aromatic N) is 1. The summed E-state index contributed by atoms with van der Waals surface area (Å²) in [6.07, 6.45) is 6.43. The van der Waals surface area contributed by atoms with E-state index in [9.17, 15) is 4.79 Å². The molecule has 3 aliphatic carbocycles. The van der Waals surface area contributed by atoms with Crippen LogP contribution in [0.15, 0.2) is 41.5 Å². The molecule has 2 aromatic rings. The Labute approximate surface area is 142 Å². The van der Waals surface area contributed by atoms with Crippen LogP contribution in [0.4, 0.5) is 0 Å². The van der Waals surface area contributed by atoms with Gasteiger partial charge in [0.25, 0.3) is 0 Å². The number of nitrogens with one attached hydrogen (secondary N) is 1. The molecule has 1 spiro atoms. The molecule has 1 unspecified atom stereocenters. The van der Waals surface area contributed by atoms with Crippen LogP contribution < -0.4 is 0 Å². The van der Waals surface area contributed by atoms with Crippen LogP contribution in [-0.2, 0) is 11.2 Å². The minimum absolute atomic E-state index is 0.0635. The van der Waals surface area contributed by atoms with Gasteiger partial charge in [-0.15, -0.1) is 0 Å². The van der Waals surface area contributed by atoms with Crippen molar-refractivity contribution in [3.05, 3.63) is 64.0 Å². The smallest absolute Gasteiger partial charge is 0.160 e. The standard InChI is InChI=1S/C21H22N2O/c1-13-18-16(23-22-13)10-15-11-21(8-5-9-21)12-17(24)19(15)20(18)14-6-3-2-4-7-14/h2-4,6-7,20H,5,8-12H2,1H3,(H,22,23). The predicted octanol–water partition coefficient (Wildman–Crippen LogP) is 4.24. The number of benzene rings is 1. The van der Waals surface area contributed by atoms with Gasteiger partial charge in [-0.1, -0.05) is 42.3 Å². The quantitative estimate of drug-likeness (QED) is 0.855. The number of aromatic amines is 1. The van der Waals surface area contributed by atoms with Crippen LogP contribution in [-0.4, -0.2) is 16.0 Å². The van der Waals surface area contributed by atoms with E-state index in [1.54, 1.807) is 0 Å². The van der Waals surface area contributed by atoms with Crippen LogP contribution in [0.2, 0.25) is 0 Å². The summed E-state index contributed by atoms with van der Waals surface area (Å²) in [5, 5.41) is 7.73. The number of allylic oxidation sites excluding steroid dienone is 2. The lowest BCUT2D eigenvalue weighted by molar-refractivity contribution is -0.120. The van der Waals surface area contributed by atoms with Crippen molar-refractivity contribution in [1.82, 2.24) is 10.2 Å². The molecule has 0 bridgehead atoms. The van der Waals surface area contributed by atoms with Gasteiger partial charge in [-0.05, 0) is 37.2 Å². The zero-order valence-electron chi connectivity index (χ0n) is 14.1. The summed E-state index contributed by atoms with van der Waals surface area (Å²) in [6.45, 7) is 2.08. The first-order valence-corrected chi connectivity index (χ1v) is 9.01. The molecular formula is C21H22N2O. The number of aryl methyl sites for hydroxylation is 1. The van der Waals surface area contributed by atoms with Crippen molar-refractivity contribution >= 4 is 5.78 Å². The van der Waals surface area contributed by atoms with E-state index in [0.717, 1.165) is 36.2 Å². The fraction of sp³-hybridized carbons (Fsp3) is 0.429. The lowest BCUT2D eigenvalue weighted by Crippen LogP contribution is -2.39. The van der Waals surface area contributed by atoms with Gasteiger partial charge in [0.2, 0.25) is 0 Å². The van der Waals surface area contributed by atoms with E-state index in [1.165, 1.54) is 36.0 Å². The molecule has 1 saturated carbocycles. The second kappa shape index (κ2) is 4.92. The van der Waals surface area contributed by atoms with Crippen molar-refractivity contribution < 1.29 is 4.79 Å². The minimum atomic E-state index is 0.0635. The van der Waals surface area contributed by atoms with Crippen molar-refractivity contribution in [3.63, 3.8) is 0 Å². The summed E-state index contributed by atoms with van der Waals surface area (Å²) in [5.74, 6) is 0.449. The fourth-order valence-electron chi connectivity index (χ4n) is 5.13. The maximum Gasteiger partial charge on any atom is 0.160 e. The van der Waals surface area contributed by atoms with Crippen molar-refractivity contribution in [2.24, 2.45) is 5.41 Å². The molecule has 3 aliphatic rings. The van der Waals surface area contributed by atoms with Crippen molar-refractivity contribution in [2.75, 3.05) is 0 Å². The Morgan fingerprint density at radius 3 is 2.67 bits per heavy atom. The summed E-state index contributed by atoms with van der Waals surface area (Å²) >= 11 is 0. The Morgan fingerprint density at radius 1 is 1.17 bits per heavy atom. The third kappa shape index (κ3) is 1.90. The number of fused-ring (bicyclic) bond motifs is 1. The molecule has 0 saturated heterocycles. The highest BCUT2D eigenvalue weighted by Gasteiger charge is 2.47. The largest absolute Gasteiger partial charge is 0.294 e. The Kier molecular flexibility index (Phi) is 2.91. The first-order valence-electron chi connectivity index (χ1n) is 9.01. The number of Topliss-reactive ketones (excluding diaryl/α,β-unsaturated/α-hetero) is 1. The molecule has 24 heavy (non-hydrogen) atoms. The van der Waals surface area contributed by atoms with E-state index in [4.69, 9.17) is 0 Å². The number of H-pyrrole nitrogens is 1. The van der Waals surface area contributed by atoms with E-state index in [2.05, 4.69) is 41.4 Å². The van der Waals surface area contributed by atoms with E-state index in [1.807, 2.05) is 6.07 Å². The monoisotopic (exact) mass is 318 g/mol. The fourth-order valence-corrected chi connectivity index (χ4v) is 5.13. The van der Waals surface area contributed by atoms with Crippen LogP contribution in [0.5, 0.6) is 0 Å². The summed E-state index contributed by atoms with van der Waals surface area (Å²) in [7, 11) is 0.